The lowest BCUT2D eigenvalue weighted by Crippen LogP contribution is -2.33. The van der Waals surface area contributed by atoms with E-state index in [4.69, 9.17) is 11.6 Å². The quantitative estimate of drug-likeness (QED) is 0.779. The minimum atomic E-state index is -3.90. The number of hydrogen-bond donors (Lipinski definition) is 1. The zero-order chi connectivity index (χ0) is 16.2. The molecular weight excluding hydrogens is 315 g/mol. The summed E-state index contributed by atoms with van der Waals surface area (Å²) in [6.45, 7) is 6.41. The van der Waals surface area contributed by atoms with Gasteiger partial charge in [0.05, 0.1) is 0 Å². The molecule has 0 spiro atoms. The van der Waals surface area contributed by atoms with Crippen molar-refractivity contribution in [3.63, 3.8) is 0 Å². The molecule has 0 radical (unpaired) electrons. The molecule has 0 atom stereocenters. The van der Waals surface area contributed by atoms with Crippen LogP contribution >= 0.6 is 11.6 Å². The van der Waals surface area contributed by atoms with Gasteiger partial charge < -0.3 is 5.32 Å². The van der Waals surface area contributed by atoms with Crippen LogP contribution in [-0.2, 0) is 16.6 Å². The van der Waals surface area contributed by atoms with Gasteiger partial charge in [-0.3, -0.25) is 0 Å². The number of nitrogens with one attached hydrogen (secondary N) is 1. The molecule has 0 amide bonds. The first-order valence-corrected chi connectivity index (χ1v) is 8.70. The third kappa shape index (κ3) is 4.39. The molecule has 0 heterocycles. The Morgan fingerprint density at radius 1 is 1.38 bits per heavy atom. The number of nitrogens with zero attached hydrogens (tertiary/aromatic N) is 1. The number of sulfonamides is 1. The second kappa shape index (κ2) is 7.54. The third-order valence-corrected chi connectivity index (χ3v) is 5.46. The van der Waals surface area contributed by atoms with Crippen LogP contribution in [0.3, 0.4) is 0 Å². The van der Waals surface area contributed by atoms with Crippen molar-refractivity contribution in [3.05, 3.63) is 28.5 Å². The normalized spacial score (nSPS) is 12.4. The van der Waals surface area contributed by atoms with Crippen LogP contribution < -0.4 is 5.32 Å². The molecular formula is C14H22ClFN2O2S. The first kappa shape index (κ1) is 18.4. The number of benzene rings is 1. The molecule has 0 aliphatic heterocycles. The van der Waals surface area contributed by atoms with E-state index in [0.717, 1.165) is 23.3 Å². The Hall–Kier alpha value is -0.690. The second-order valence-corrected chi connectivity index (χ2v) is 7.57. The van der Waals surface area contributed by atoms with Crippen molar-refractivity contribution in [1.29, 1.82) is 0 Å². The van der Waals surface area contributed by atoms with Crippen LogP contribution in [0.2, 0.25) is 5.02 Å². The Bertz CT molecular complexity index is 591. The second-order valence-electron chi connectivity index (χ2n) is 5.17. The van der Waals surface area contributed by atoms with E-state index >= 15 is 0 Å². The average Bonchev–Trinajstić information content (AvgIpc) is 2.41. The molecule has 21 heavy (non-hydrogen) atoms. The van der Waals surface area contributed by atoms with Crippen LogP contribution in [-0.4, -0.2) is 32.4 Å². The minimum Gasteiger partial charge on any atom is -0.313 e. The summed E-state index contributed by atoms with van der Waals surface area (Å²) in [5.74, 6) is -0.740. The highest BCUT2D eigenvalue weighted by Crippen LogP contribution is 2.26. The van der Waals surface area contributed by atoms with Crippen molar-refractivity contribution in [2.24, 2.45) is 0 Å². The van der Waals surface area contributed by atoms with E-state index in [1.54, 1.807) is 13.8 Å². The van der Waals surface area contributed by atoms with E-state index < -0.39 is 15.8 Å². The van der Waals surface area contributed by atoms with Crippen LogP contribution in [0.1, 0.15) is 32.8 Å². The summed E-state index contributed by atoms with van der Waals surface area (Å²) >= 11 is 5.95. The largest absolute Gasteiger partial charge is 0.313 e. The summed E-state index contributed by atoms with van der Waals surface area (Å²) in [7, 11) is -2.47. The van der Waals surface area contributed by atoms with Crippen LogP contribution in [0.4, 0.5) is 4.39 Å². The summed E-state index contributed by atoms with van der Waals surface area (Å²) in [6.07, 6.45) is 0.906. The molecule has 0 saturated heterocycles. The van der Waals surface area contributed by atoms with Gasteiger partial charge in [0.2, 0.25) is 10.0 Å². The zero-order valence-corrected chi connectivity index (χ0v) is 14.4. The van der Waals surface area contributed by atoms with E-state index in [-0.39, 0.29) is 28.1 Å². The SMILES string of the molecule is CCCNCc1cc(Cl)cc(S(=O)(=O)N(C)C(C)C)c1F. The summed E-state index contributed by atoms with van der Waals surface area (Å²) in [4.78, 5) is -0.375. The van der Waals surface area contributed by atoms with Gasteiger partial charge >= 0.3 is 0 Å². The number of halogens is 2. The molecule has 0 unspecified atom stereocenters. The fourth-order valence-corrected chi connectivity index (χ4v) is 3.57. The van der Waals surface area contributed by atoms with Gasteiger partial charge in [-0.25, -0.2) is 12.8 Å². The van der Waals surface area contributed by atoms with E-state index in [2.05, 4.69) is 5.32 Å². The van der Waals surface area contributed by atoms with Crippen molar-refractivity contribution in [1.82, 2.24) is 9.62 Å². The topological polar surface area (TPSA) is 49.4 Å². The molecule has 0 bridgehead atoms. The molecule has 4 nitrogen and oxygen atoms in total. The molecule has 120 valence electrons. The van der Waals surface area contributed by atoms with Crippen LogP contribution in [0.25, 0.3) is 0 Å². The van der Waals surface area contributed by atoms with Gasteiger partial charge in [-0.15, -0.1) is 0 Å². The highest BCUT2D eigenvalue weighted by Gasteiger charge is 2.28. The lowest BCUT2D eigenvalue weighted by Gasteiger charge is -2.22. The molecule has 1 aromatic rings. The lowest BCUT2D eigenvalue weighted by molar-refractivity contribution is 0.406. The van der Waals surface area contributed by atoms with Crippen molar-refractivity contribution < 1.29 is 12.8 Å². The highest BCUT2D eigenvalue weighted by molar-refractivity contribution is 7.89. The fraction of sp³-hybridized carbons (Fsp3) is 0.571. The van der Waals surface area contributed by atoms with Gasteiger partial charge in [0.25, 0.3) is 0 Å². The fourth-order valence-electron chi connectivity index (χ4n) is 1.77. The van der Waals surface area contributed by atoms with Crippen LogP contribution in [0.15, 0.2) is 17.0 Å². The first-order valence-electron chi connectivity index (χ1n) is 6.88. The molecule has 1 rings (SSSR count). The van der Waals surface area contributed by atoms with E-state index in [1.165, 1.54) is 13.1 Å². The van der Waals surface area contributed by atoms with Gasteiger partial charge in [0, 0.05) is 30.2 Å². The Morgan fingerprint density at radius 2 is 2.00 bits per heavy atom. The zero-order valence-electron chi connectivity index (χ0n) is 12.8. The van der Waals surface area contributed by atoms with Gasteiger partial charge in [-0.2, -0.15) is 4.31 Å². The number of rotatable bonds is 7. The van der Waals surface area contributed by atoms with Crippen molar-refractivity contribution in [2.45, 2.75) is 44.7 Å². The van der Waals surface area contributed by atoms with Gasteiger partial charge in [0.1, 0.15) is 10.7 Å². The van der Waals surface area contributed by atoms with Gasteiger partial charge in [-0.1, -0.05) is 18.5 Å². The first-order chi connectivity index (χ1) is 9.71. The number of hydrogen-bond acceptors (Lipinski definition) is 3. The smallest absolute Gasteiger partial charge is 0.246 e. The Morgan fingerprint density at radius 3 is 2.52 bits per heavy atom. The maximum Gasteiger partial charge on any atom is 0.246 e. The van der Waals surface area contributed by atoms with Gasteiger partial charge in [0.15, 0.2) is 0 Å². The maximum absolute atomic E-state index is 14.5. The van der Waals surface area contributed by atoms with Crippen molar-refractivity contribution in [2.75, 3.05) is 13.6 Å². The maximum atomic E-state index is 14.5. The van der Waals surface area contributed by atoms with E-state index in [1.807, 2.05) is 6.92 Å². The molecule has 7 heteroatoms. The summed E-state index contributed by atoms with van der Waals surface area (Å²) in [5, 5.41) is 3.25. The minimum absolute atomic E-state index is 0.209. The molecule has 1 N–H and O–H groups in total. The Balaban J connectivity index is 3.25. The van der Waals surface area contributed by atoms with Gasteiger partial charge in [-0.05, 0) is 38.9 Å². The summed E-state index contributed by atoms with van der Waals surface area (Å²) in [6, 6.07) is 2.34. The molecule has 1 aromatic carbocycles. The molecule has 0 aromatic heterocycles. The molecule has 0 fully saturated rings. The third-order valence-electron chi connectivity index (χ3n) is 3.21. The summed E-state index contributed by atoms with van der Waals surface area (Å²) in [5.41, 5.74) is 0.256. The van der Waals surface area contributed by atoms with E-state index in [0.29, 0.717) is 0 Å². The average molecular weight is 337 g/mol. The van der Waals surface area contributed by atoms with Crippen LogP contribution in [0, 0.1) is 5.82 Å². The predicted molar refractivity (Wildman–Crippen MR) is 83.5 cm³/mol. The molecule has 0 aliphatic rings. The molecule has 0 saturated carbocycles. The monoisotopic (exact) mass is 336 g/mol. The Labute approximate surface area is 131 Å². The summed E-state index contributed by atoms with van der Waals surface area (Å²) < 4.78 is 40.5. The standard InChI is InChI=1S/C14H22ClFN2O2S/c1-5-6-17-9-11-7-12(15)8-13(14(11)16)21(19,20)18(4)10(2)3/h7-8,10,17H,5-6,9H2,1-4H3. The highest BCUT2D eigenvalue weighted by atomic mass is 35.5. The Kier molecular flexibility index (Phi) is 6.59. The van der Waals surface area contributed by atoms with Crippen LogP contribution in [0.5, 0.6) is 0 Å². The van der Waals surface area contributed by atoms with Crippen molar-refractivity contribution in [3.8, 4) is 0 Å². The lowest BCUT2D eigenvalue weighted by atomic mass is 10.2. The van der Waals surface area contributed by atoms with Crippen molar-refractivity contribution >= 4 is 21.6 Å². The van der Waals surface area contributed by atoms with E-state index in [9.17, 15) is 12.8 Å². The molecule has 0 aliphatic carbocycles. The predicted octanol–water partition coefficient (Wildman–Crippen LogP) is 3.01.